The normalized spacial score (nSPS) is 10.5. The van der Waals surface area contributed by atoms with E-state index >= 15 is 0 Å². The Hall–Kier alpha value is -3.06. The van der Waals surface area contributed by atoms with E-state index in [2.05, 4.69) is 33.7 Å². The number of carbonyl (C=O) groups is 2. The number of ether oxygens (including phenoxy) is 2. The Balaban J connectivity index is 1.45. The summed E-state index contributed by atoms with van der Waals surface area (Å²) in [6, 6.07) is 18.4. The van der Waals surface area contributed by atoms with E-state index < -0.39 is 11.8 Å². The molecule has 7 heteroatoms. The van der Waals surface area contributed by atoms with Crippen molar-refractivity contribution in [2.75, 3.05) is 13.2 Å². The number of fused-ring (bicyclic) bond motifs is 1. The zero-order valence-corrected chi connectivity index (χ0v) is 18.9. The van der Waals surface area contributed by atoms with Crippen LogP contribution in [0.1, 0.15) is 36.5 Å². The van der Waals surface area contributed by atoms with Gasteiger partial charge in [-0.3, -0.25) is 20.4 Å². The summed E-state index contributed by atoms with van der Waals surface area (Å²) in [6.07, 6.45) is 3.27. The fourth-order valence-corrected chi connectivity index (χ4v) is 3.56. The first kappa shape index (κ1) is 22.6. The van der Waals surface area contributed by atoms with E-state index in [4.69, 9.17) is 9.47 Å². The minimum atomic E-state index is -0.468. The van der Waals surface area contributed by atoms with Gasteiger partial charge in [-0.15, -0.1) is 0 Å². The average Bonchev–Trinajstić information content (AvgIpc) is 2.80. The van der Waals surface area contributed by atoms with Gasteiger partial charge < -0.3 is 9.47 Å². The van der Waals surface area contributed by atoms with Crippen molar-refractivity contribution in [1.29, 1.82) is 0 Å². The van der Waals surface area contributed by atoms with Gasteiger partial charge in [0.25, 0.3) is 11.8 Å². The second-order valence-electron chi connectivity index (χ2n) is 6.97. The molecule has 31 heavy (non-hydrogen) atoms. The predicted molar refractivity (Wildman–Crippen MR) is 124 cm³/mol. The molecule has 0 saturated carbocycles. The molecule has 0 aliphatic carbocycles. The highest BCUT2D eigenvalue weighted by Crippen LogP contribution is 2.32. The molecule has 0 atom stereocenters. The Bertz CT molecular complexity index is 1040. The van der Waals surface area contributed by atoms with Crippen molar-refractivity contribution in [3.05, 3.63) is 70.7 Å². The number of rotatable bonds is 9. The summed E-state index contributed by atoms with van der Waals surface area (Å²) in [5, 5.41) is 2.06. The summed E-state index contributed by atoms with van der Waals surface area (Å²) in [5.41, 5.74) is 5.16. The molecular weight excluding hydrogens is 460 g/mol. The Morgan fingerprint density at radius 3 is 2.45 bits per heavy atom. The number of halogens is 1. The van der Waals surface area contributed by atoms with Crippen molar-refractivity contribution in [2.24, 2.45) is 0 Å². The fraction of sp³-hybridized carbons (Fsp3) is 0.250. The second-order valence-corrected chi connectivity index (χ2v) is 7.76. The smallest absolute Gasteiger partial charge is 0.276 e. The quantitative estimate of drug-likeness (QED) is 0.330. The minimum absolute atomic E-state index is 0.234. The lowest BCUT2D eigenvalue weighted by atomic mass is 10.1. The zero-order valence-electron chi connectivity index (χ0n) is 17.3. The van der Waals surface area contributed by atoms with E-state index in [1.807, 2.05) is 30.3 Å². The van der Waals surface area contributed by atoms with Gasteiger partial charge in [-0.05, 0) is 63.5 Å². The van der Waals surface area contributed by atoms with Crippen molar-refractivity contribution in [3.63, 3.8) is 0 Å². The molecule has 3 aromatic carbocycles. The lowest BCUT2D eigenvalue weighted by Gasteiger charge is -2.11. The van der Waals surface area contributed by atoms with E-state index in [-0.39, 0.29) is 6.61 Å². The third-order valence-corrected chi connectivity index (χ3v) is 5.45. The number of hydrazine groups is 1. The van der Waals surface area contributed by atoms with Crippen LogP contribution in [0.25, 0.3) is 10.8 Å². The standard InChI is InChI=1S/C24H25BrN2O4/c1-2-3-6-15-30-19-12-9-18(10-13-19)24(29)27-26-22(28)16-31-21-14-11-17-7-4-5-8-20(17)23(21)25/h4-5,7-14H,2-3,6,15-16H2,1H3,(H,26,28)(H,27,29). The molecule has 0 saturated heterocycles. The number of carbonyl (C=O) groups excluding carboxylic acids is 2. The van der Waals surface area contributed by atoms with Gasteiger partial charge >= 0.3 is 0 Å². The molecule has 2 N–H and O–H groups in total. The summed E-state index contributed by atoms with van der Waals surface area (Å²) in [7, 11) is 0. The predicted octanol–water partition coefficient (Wildman–Crippen LogP) is 5.01. The van der Waals surface area contributed by atoms with Gasteiger partial charge in [0.1, 0.15) is 11.5 Å². The summed E-state index contributed by atoms with van der Waals surface area (Å²) in [4.78, 5) is 24.3. The first-order valence-electron chi connectivity index (χ1n) is 10.2. The zero-order chi connectivity index (χ0) is 22.1. The Morgan fingerprint density at radius 2 is 1.68 bits per heavy atom. The first-order chi connectivity index (χ1) is 15.1. The van der Waals surface area contributed by atoms with Gasteiger partial charge in [0, 0.05) is 5.56 Å². The van der Waals surface area contributed by atoms with E-state index in [1.165, 1.54) is 0 Å². The summed E-state index contributed by atoms with van der Waals surface area (Å²) in [6.45, 7) is 2.56. The van der Waals surface area contributed by atoms with E-state index in [9.17, 15) is 9.59 Å². The highest BCUT2D eigenvalue weighted by Gasteiger charge is 2.11. The van der Waals surface area contributed by atoms with Crippen molar-refractivity contribution >= 4 is 38.5 Å². The van der Waals surface area contributed by atoms with Crippen LogP contribution < -0.4 is 20.3 Å². The van der Waals surface area contributed by atoms with Crippen LogP contribution in [0.15, 0.2) is 65.1 Å². The highest BCUT2D eigenvalue weighted by atomic mass is 79.9. The van der Waals surface area contributed by atoms with Gasteiger partial charge in [0.05, 0.1) is 11.1 Å². The molecule has 0 aliphatic rings. The van der Waals surface area contributed by atoms with Gasteiger partial charge in [0.2, 0.25) is 0 Å². The monoisotopic (exact) mass is 484 g/mol. The molecule has 0 bridgehead atoms. The SMILES string of the molecule is CCCCCOc1ccc(C(=O)NNC(=O)COc2ccc3ccccc3c2Br)cc1. The summed E-state index contributed by atoms with van der Waals surface area (Å²) >= 11 is 3.52. The molecule has 0 unspecified atom stereocenters. The second kappa shape index (κ2) is 11.4. The van der Waals surface area contributed by atoms with Crippen LogP contribution in [0, 0.1) is 0 Å². The van der Waals surface area contributed by atoms with Crippen LogP contribution in [0.5, 0.6) is 11.5 Å². The Morgan fingerprint density at radius 1 is 0.903 bits per heavy atom. The molecule has 0 heterocycles. The maximum absolute atomic E-state index is 12.2. The minimum Gasteiger partial charge on any atom is -0.494 e. The molecule has 0 radical (unpaired) electrons. The maximum Gasteiger partial charge on any atom is 0.276 e. The van der Waals surface area contributed by atoms with Crippen LogP contribution in [0.3, 0.4) is 0 Å². The van der Waals surface area contributed by atoms with Crippen molar-refractivity contribution in [2.45, 2.75) is 26.2 Å². The van der Waals surface area contributed by atoms with Crippen LogP contribution in [0.4, 0.5) is 0 Å². The van der Waals surface area contributed by atoms with E-state index in [1.54, 1.807) is 30.3 Å². The topological polar surface area (TPSA) is 76.7 Å². The van der Waals surface area contributed by atoms with Crippen molar-refractivity contribution in [3.8, 4) is 11.5 Å². The third kappa shape index (κ3) is 6.46. The maximum atomic E-state index is 12.2. The number of nitrogens with one attached hydrogen (secondary N) is 2. The molecule has 3 aromatic rings. The van der Waals surface area contributed by atoms with Crippen LogP contribution in [-0.4, -0.2) is 25.0 Å². The molecule has 2 amide bonds. The molecule has 0 spiro atoms. The van der Waals surface area contributed by atoms with Gasteiger partial charge in [0.15, 0.2) is 6.61 Å². The van der Waals surface area contributed by atoms with E-state index in [0.29, 0.717) is 23.7 Å². The largest absolute Gasteiger partial charge is 0.494 e. The summed E-state index contributed by atoms with van der Waals surface area (Å²) in [5.74, 6) is 0.378. The first-order valence-corrected chi connectivity index (χ1v) is 11.0. The Kier molecular flexibility index (Phi) is 8.29. The molecular formula is C24H25BrN2O4. The van der Waals surface area contributed by atoms with Gasteiger partial charge in [-0.1, -0.05) is 50.1 Å². The molecule has 3 rings (SSSR count). The lowest BCUT2D eigenvalue weighted by molar-refractivity contribution is -0.123. The van der Waals surface area contributed by atoms with Crippen LogP contribution >= 0.6 is 15.9 Å². The van der Waals surface area contributed by atoms with Crippen molar-refractivity contribution < 1.29 is 19.1 Å². The number of benzene rings is 3. The third-order valence-electron chi connectivity index (χ3n) is 4.64. The average molecular weight is 485 g/mol. The van der Waals surface area contributed by atoms with Crippen molar-refractivity contribution in [1.82, 2.24) is 10.9 Å². The van der Waals surface area contributed by atoms with Crippen LogP contribution in [-0.2, 0) is 4.79 Å². The molecule has 6 nitrogen and oxygen atoms in total. The van der Waals surface area contributed by atoms with Crippen LogP contribution in [0.2, 0.25) is 0 Å². The Labute approximate surface area is 190 Å². The fourth-order valence-electron chi connectivity index (χ4n) is 2.95. The molecule has 0 fully saturated rings. The highest BCUT2D eigenvalue weighted by molar-refractivity contribution is 9.10. The number of hydrogen-bond donors (Lipinski definition) is 2. The summed E-state index contributed by atoms with van der Waals surface area (Å²) < 4.78 is 12.0. The van der Waals surface area contributed by atoms with Gasteiger partial charge in [-0.25, -0.2) is 0 Å². The molecule has 162 valence electrons. The molecule has 0 aliphatic heterocycles. The van der Waals surface area contributed by atoms with E-state index in [0.717, 1.165) is 34.5 Å². The number of amides is 2. The number of hydrogen-bond acceptors (Lipinski definition) is 4. The van der Waals surface area contributed by atoms with Gasteiger partial charge in [-0.2, -0.15) is 0 Å². The number of unbranched alkanes of at least 4 members (excludes halogenated alkanes) is 2. The molecule has 0 aromatic heterocycles. The lowest BCUT2D eigenvalue weighted by Crippen LogP contribution is -2.43.